The van der Waals surface area contributed by atoms with Gasteiger partial charge in [0, 0.05) is 0 Å². The fourth-order valence-electron chi connectivity index (χ4n) is 4.51. The van der Waals surface area contributed by atoms with Gasteiger partial charge in [0.2, 0.25) is 0 Å². The van der Waals surface area contributed by atoms with Crippen molar-refractivity contribution in [2.45, 2.75) is 26.9 Å². The van der Waals surface area contributed by atoms with Crippen molar-refractivity contribution in [3.8, 4) is 22.3 Å². The van der Waals surface area contributed by atoms with Gasteiger partial charge in [-0.3, -0.25) is 0 Å². The maximum Gasteiger partial charge on any atom is -0.0279 e. The summed E-state index contributed by atoms with van der Waals surface area (Å²) in [5, 5.41) is 5.37. The first-order chi connectivity index (χ1) is 17.4. The van der Waals surface area contributed by atoms with E-state index in [1.807, 2.05) is 0 Å². The van der Waals surface area contributed by atoms with E-state index in [1.165, 1.54) is 77.9 Å². The first-order valence-electron chi connectivity index (χ1n) is 12.4. The number of benzene rings is 4. The van der Waals surface area contributed by atoms with E-state index >= 15 is 0 Å². The van der Waals surface area contributed by atoms with E-state index in [9.17, 15) is 0 Å². The van der Waals surface area contributed by atoms with E-state index in [0.29, 0.717) is 0 Å². The molecule has 0 aromatic heterocycles. The molecule has 0 spiro atoms. The summed E-state index contributed by atoms with van der Waals surface area (Å²) in [4.78, 5) is 0. The fourth-order valence-corrected chi connectivity index (χ4v) is 4.51. The van der Waals surface area contributed by atoms with Crippen molar-refractivity contribution in [3.05, 3.63) is 132 Å². The van der Waals surface area contributed by atoms with Crippen molar-refractivity contribution >= 4 is 27.0 Å². The molecule has 0 aliphatic carbocycles. The summed E-state index contributed by atoms with van der Waals surface area (Å²) < 4.78 is 0. The summed E-state index contributed by atoms with van der Waals surface area (Å²) in [7, 11) is 0. The van der Waals surface area contributed by atoms with Crippen LogP contribution in [0.2, 0.25) is 13.1 Å². The van der Waals surface area contributed by atoms with Crippen LogP contribution in [-0.4, -0.2) is 5.49 Å². The molecule has 0 saturated carbocycles. The molecule has 36 heavy (non-hydrogen) atoms. The zero-order valence-corrected chi connectivity index (χ0v) is 26.1. The molecule has 0 fully saturated rings. The summed E-state index contributed by atoms with van der Waals surface area (Å²) in [6, 6.07) is 43.1. The molecule has 6 rings (SSSR count). The van der Waals surface area contributed by atoms with E-state index in [2.05, 4.69) is 148 Å². The van der Waals surface area contributed by atoms with Crippen LogP contribution in [0.25, 0.3) is 43.8 Å². The molecule has 0 aliphatic rings. The topological polar surface area (TPSA) is 0 Å². The average Bonchev–Trinajstić information content (AvgIpc) is 3.45. The molecule has 0 N–H and O–H groups in total. The van der Waals surface area contributed by atoms with Gasteiger partial charge in [-0.05, 0) is 11.1 Å². The van der Waals surface area contributed by atoms with Crippen molar-refractivity contribution in [1.82, 2.24) is 0 Å². The number of hydrogen-bond acceptors (Lipinski definition) is 0. The maximum atomic E-state index is 2.33. The van der Waals surface area contributed by atoms with Crippen molar-refractivity contribution in [3.63, 3.8) is 0 Å². The van der Waals surface area contributed by atoms with E-state index in [4.69, 9.17) is 0 Å². The summed E-state index contributed by atoms with van der Waals surface area (Å²) in [6.45, 7) is 8.96. The minimum Gasteiger partial charge on any atom is -0.165 e. The van der Waals surface area contributed by atoms with Crippen LogP contribution in [0.15, 0.2) is 121 Å². The molecule has 176 valence electrons. The van der Waals surface area contributed by atoms with Gasteiger partial charge in [0.1, 0.15) is 0 Å². The van der Waals surface area contributed by atoms with Crippen molar-refractivity contribution in [2.75, 3.05) is 0 Å². The zero-order chi connectivity index (χ0) is 25.5. The Morgan fingerprint density at radius 3 is 1.25 bits per heavy atom. The molecule has 6 aromatic carbocycles. The van der Waals surface area contributed by atoms with E-state index < -0.39 is 0 Å². The summed E-state index contributed by atoms with van der Waals surface area (Å²) in [5.74, 6) is 0. The molecule has 0 amide bonds. The maximum absolute atomic E-state index is 2.33. The van der Waals surface area contributed by atoms with Crippen molar-refractivity contribution in [2.24, 2.45) is 0 Å². The molecule has 0 bridgehead atoms. The third-order valence-corrected chi connectivity index (χ3v) is 5.96. The summed E-state index contributed by atoms with van der Waals surface area (Å²) >= 11 is 1.45. The summed E-state index contributed by atoms with van der Waals surface area (Å²) in [6.07, 6.45) is 0. The smallest absolute Gasteiger partial charge is 0.0279 e. The quantitative estimate of drug-likeness (QED) is 0.130. The van der Waals surface area contributed by atoms with Gasteiger partial charge in [0.15, 0.2) is 0 Å². The Hall–Kier alpha value is -2.81. The van der Waals surface area contributed by atoms with E-state index in [1.54, 1.807) is 0 Å². The van der Waals surface area contributed by atoms with Crippen LogP contribution in [-0.2, 0) is 23.0 Å². The van der Waals surface area contributed by atoms with Crippen LogP contribution < -0.4 is 0 Å². The third kappa shape index (κ3) is 6.69. The van der Waals surface area contributed by atoms with Gasteiger partial charge in [-0.2, -0.15) is 12.1 Å². The van der Waals surface area contributed by atoms with Gasteiger partial charge < -0.3 is 0 Å². The molecular formula is C34H32HfSi. The molecule has 0 saturated heterocycles. The Morgan fingerprint density at radius 2 is 0.889 bits per heavy atom. The van der Waals surface area contributed by atoms with Crippen LogP contribution in [0.4, 0.5) is 0 Å². The fraction of sp³-hybridized carbons (Fsp3) is 0.118. The third-order valence-electron chi connectivity index (χ3n) is 5.96. The molecule has 6 aromatic rings. The molecule has 0 unspecified atom stereocenters. The largest absolute Gasteiger partial charge is 0.165 e. The van der Waals surface area contributed by atoms with Gasteiger partial charge in [-0.1, -0.05) is 97.8 Å². The second-order valence-corrected chi connectivity index (χ2v) is 22.2. The molecule has 0 aliphatic heterocycles. The first-order valence-corrected chi connectivity index (χ1v) is 20.3. The molecule has 0 heterocycles. The Morgan fingerprint density at radius 1 is 0.528 bits per heavy atom. The van der Waals surface area contributed by atoms with Crippen molar-refractivity contribution in [1.29, 1.82) is 0 Å². The Bertz CT molecular complexity index is 1450. The zero-order valence-electron chi connectivity index (χ0n) is 21.5. The van der Waals surface area contributed by atoms with Crippen molar-refractivity contribution < 1.29 is 23.0 Å². The molecular weight excluding hydrogens is 615 g/mol. The number of aryl methyl sites for hydroxylation is 2. The first kappa shape index (κ1) is 26.3. The van der Waals surface area contributed by atoms with Crippen LogP contribution in [0.1, 0.15) is 11.1 Å². The van der Waals surface area contributed by atoms with Gasteiger partial charge in [-0.15, -0.1) is 69.1 Å². The minimum absolute atomic E-state index is 0.259. The van der Waals surface area contributed by atoms with Crippen LogP contribution >= 0.6 is 0 Å². The van der Waals surface area contributed by atoms with Gasteiger partial charge >= 0.3 is 41.6 Å². The minimum atomic E-state index is 0.259. The number of rotatable bonds is 2. The predicted octanol–water partition coefficient (Wildman–Crippen LogP) is 9.85. The van der Waals surface area contributed by atoms with E-state index in [-0.39, 0.29) is 5.49 Å². The Labute approximate surface area is 230 Å². The molecule has 0 radical (unpaired) electrons. The predicted molar refractivity (Wildman–Crippen MR) is 157 cm³/mol. The second kappa shape index (κ2) is 12.4. The van der Waals surface area contributed by atoms with Gasteiger partial charge in [-0.25, -0.2) is 0 Å². The average molecular weight is 647 g/mol. The monoisotopic (exact) mass is 648 g/mol. The van der Waals surface area contributed by atoms with Gasteiger partial charge in [0.05, 0.1) is 0 Å². The van der Waals surface area contributed by atoms with Gasteiger partial charge in [0.25, 0.3) is 0 Å². The normalized spacial score (nSPS) is 10.4. The number of fused-ring (bicyclic) bond motifs is 2. The second-order valence-electron chi connectivity index (χ2n) is 9.41. The standard InChI is InChI=1S/2C16H13.C2H6Si.Hf/c2*1-12-10-14-8-5-9-15(16(14)11-12)13-6-3-2-4-7-13;1-3-2;/h2*2-11H,1H3;1-2H3;/q2*-1;;+2. The van der Waals surface area contributed by atoms with Crippen LogP contribution in [0.3, 0.4) is 0 Å². The summed E-state index contributed by atoms with van der Waals surface area (Å²) in [5.41, 5.74) is 8.15. The molecule has 0 nitrogen and oxygen atoms in total. The molecule has 0 atom stereocenters. The van der Waals surface area contributed by atoms with Crippen LogP contribution in [0, 0.1) is 13.8 Å². The SMILES string of the molecule is C[Si](C)=[Hf+2].Cc1cc2c(-c3ccccc3)cccc2[cH-]1.Cc1cc2c(-c3ccccc3)cccc2[cH-]1. The van der Waals surface area contributed by atoms with E-state index in [0.717, 1.165) is 0 Å². The number of hydrogen-bond donors (Lipinski definition) is 0. The Balaban J connectivity index is 0.000000148. The Kier molecular flexibility index (Phi) is 9.06. The molecule has 2 heteroatoms. The van der Waals surface area contributed by atoms with Crippen LogP contribution in [0.5, 0.6) is 0 Å².